The van der Waals surface area contributed by atoms with Crippen molar-refractivity contribution in [2.24, 2.45) is 11.8 Å². The van der Waals surface area contributed by atoms with Gasteiger partial charge in [-0.15, -0.1) is 0 Å². The molecule has 0 spiro atoms. The van der Waals surface area contributed by atoms with Gasteiger partial charge in [-0.25, -0.2) is 4.98 Å². The zero-order valence-electron chi connectivity index (χ0n) is 11.7. The lowest BCUT2D eigenvalue weighted by Crippen LogP contribution is -2.31. The molecule has 1 saturated carbocycles. The second-order valence-electron chi connectivity index (χ2n) is 5.75. The van der Waals surface area contributed by atoms with E-state index in [-0.39, 0.29) is 11.6 Å². The summed E-state index contributed by atoms with van der Waals surface area (Å²) in [5.41, 5.74) is -0.0146. The fraction of sp³-hybridized carbons (Fsp3) is 0.714. The van der Waals surface area contributed by atoms with Crippen LogP contribution in [0.2, 0.25) is 0 Å². The molecule has 2 rings (SSSR count). The van der Waals surface area contributed by atoms with Gasteiger partial charge < -0.3 is 9.88 Å². The highest BCUT2D eigenvalue weighted by Crippen LogP contribution is 2.32. The number of anilines is 1. The fourth-order valence-electron chi connectivity index (χ4n) is 2.67. The van der Waals surface area contributed by atoms with Gasteiger partial charge in [0, 0.05) is 24.5 Å². The molecule has 100 valence electrons. The van der Waals surface area contributed by atoms with Crippen molar-refractivity contribution in [2.45, 2.75) is 52.6 Å². The maximum Gasteiger partial charge on any atom is 0.293 e. The first-order chi connectivity index (χ1) is 8.50. The van der Waals surface area contributed by atoms with E-state index in [1.54, 1.807) is 17.0 Å². The smallest absolute Gasteiger partial charge is 0.293 e. The molecule has 1 aromatic heterocycles. The Hall–Kier alpha value is -1.32. The first-order valence-corrected chi connectivity index (χ1v) is 6.84. The molecule has 1 aliphatic rings. The number of nitrogens with zero attached hydrogens (tertiary/aromatic N) is 2. The van der Waals surface area contributed by atoms with Crippen LogP contribution >= 0.6 is 0 Å². The number of aromatic nitrogens is 2. The van der Waals surface area contributed by atoms with E-state index < -0.39 is 0 Å². The Morgan fingerprint density at radius 2 is 2.11 bits per heavy atom. The average Bonchev–Trinajstić information content (AvgIpc) is 2.63. The molecule has 1 N–H and O–H groups in total. The molecule has 1 fully saturated rings. The molecule has 3 unspecified atom stereocenters. The average molecular weight is 249 g/mol. The molecule has 0 radical (unpaired) electrons. The van der Waals surface area contributed by atoms with Crippen LogP contribution in [0, 0.1) is 11.8 Å². The van der Waals surface area contributed by atoms with Crippen LogP contribution in [-0.2, 0) is 0 Å². The molecule has 1 aromatic rings. The molecular weight excluding hydrogens is 226 g/mol. The van der Waals surface area contributed by atoms with Crippen LogP contribution in [-0.4, -0.2) is 15.6 Å². The Balaban J connectivity index is 2.20. The van der Waals surface area contributed by atoms with Gasteiger partial charge in [0.2, 0.25) is 0 Å². The summed E-state index contributed by atoms with van der Waals surface area (Å²) in [5, 5.41) is 3.34. The summed E-state index contributed by atoms with van der Waals surface area (Å²) >= 11 is 0. The van der Waals surface area contributed by atoms with Crippen molar-refractivity contribution in [1.82, 2.24) is 9.55 Å². The quantitative estimate of drug-likeness (QED) is 0.896. The molecule has 0 bridgehead atoms. The highest BCUT2D eigenvalue weighted by Gasteiger charge is 2.30. The fourth-order valence-corrected chi connectivity index (χ4v) is 2.67. The van der Waals surface area contributed by atoms with E-state index in [0.29, 0.717) is 17.8 Å². The van der Waals surface area contributed by atoms with Crippen molar-refractivity contribution >= 4 is 5.82 Å². The highest BCUT2D eigenvalue weighted by molar-refractivity contribution is 5.33. The first-order valence-electron chi connectivity index (χ1n) is 6.84. The van der Waals surface area contributed by atoms with Gasteiger partial charge in [-0.2, -0.15) is 0 Å². The van der Waals surface area contributed by atoms with Crippen molar-refractivity contribution in [3.63, 3.8) is 0 Å². The maximum absolute atomic E-state index is 12.2. The van der Waals surface area contributed by atoms with E-state index in [0.717, 1.165) is 12.3 Å². The van der Waals surface area contributed by atoms with Gasteiger partial charge in [-0.1, -0.05) is 13.8 Å². The SMILES string of the molecule is CC1CCC(Nc2nccn(C(C)C)c2=O)C1C. The molecule has 18 heavy (non-hydrogen) atoms. The molecule has 3 atom stereocenters. The Bertz CT molecular complexity index is 466. The van der Waals surface area contributed by atoms with Gasteiger partial charge in [0.15, 0.2) is 5.82 Å². The van der Waals surface area contributed by atoms with Gasteiger partial charge in [-0.05, 0) is 38.5 Å². The standard InChI is InChI=1S/C14H23N3O/c1-9(2)17-8-7-15-13(14(17)18)16-12-6-5-10(3)11(12)4/h7-12H,5-6H2,1-4H3,(H,15,16). The van der Waals surface area contributed by atoms with Gasteiger partial charge in [0.1, 0.15) is 0 Å². The monoisotopic (exact) mass is 249 g/mol. The van der Waals surface area contributed by atoms with Crippen LogP contribution in [0.15, 0.2) is 17.2 Å². The van der Waals surface area contributed by atoms with Crippen LogP contribution in [0.5, 0.6) is 0 Å². The van der Waals surface area contributed by atoms with Crippen molar-refractivity contribution in [2.75, 3.05) is 5.32 Å². The summed E-state index contributed by atoms with van der Waals surface area (Å²) < 4.78 is 1.72. The molecule has 0 saturated heterocycles. The predicted octanol–water partition coefficient (Wildman–Crippen LogP) is 2.67. The number of hydrogen-bond donors (Lipinski definition) is 1. The summed E-state index contributed by atoms with van der Waals surface area (Å²) in [5.74, 6) is 1.81. The number of nitrogens with one attached hydrogen (secondary N) is 1. The van der Waals surface area contributed by atoms with E-state index in [1.807, 2.05) is 13.8 Å². The predicted molar refractivity (Wildman–Crippen MR) is 73.9 cm³/mol. The van der Waals surface area contributed by atoms with Gasteiger partial charge in [0.25, 0.3) is 5.56 Å². The lowest BCUT2D eigenvalue weighted by molar-refractivity contribution is 0.434. The first kappa shape index (κ1) is 13.1. The summed E-state index contributed by atoms with van der Waals surface area (Å²) in [6.45, 7) is 8.54. The van der Waals surface area contributed by atoms with Gasteiger partial charge in [0.05, 0.1) is 0 Å². The Labute approximate surface area is 108 Å². The molecule has 4 heteroatoms. The van der Waals surface area contributed by atoms with Crippen LogP contribution in [0.1, 0.15) is 46.6 Å². The second-order valence-corrected chi connectivity index (χ2v) is 5.75. The third-order valence-electron chi connectivity index (χ3n) is 4.21. The van der Waals surface area contributed by atoms with E-state index >= 15 is 0 Å². The minimum Gasteiger partial charge on any atom is -0.362 e. The Morgan fingerprint density at radius 3 is 2.67 bits per heavy atom. The van der Waals surface area contributed by atoms with E-state index in [1.165, 1.54) is 6.42 Å². The molecule has 1 heterocycles. The molecule has 0 aliphatic heterocycles. The maximum atomic E-state index is 12.2. The van der Waals surface area contributed by atoms with Crippen LogP contribution in [0.25, 0.3) is 0 Å². The van der Waals surface area contributed by atoms with Crippen molar-refractivity contribution in [3.8, 4) is 0 Å². The second kappa shape index (κ2) is 5.12. The zero-order valence-corrected chi connectivity index (χ0v) is 11.7. The van der Waals surface area contributed by atoms with E-state index in [2.05, 4.69) is 24.1 Å². The molecular formula is C14H23N3O. The number of rotatable bonds is 3. The summed E-state index contributed by atoms with van der Waals surface area (Å²) in [6.07, 6.45) is 5.80. The van der Waals surface area contributed by atoms with Crippen LogP contribution in [0.4, 0.5) is 5.82 Å². The molecule has 0 amide bonds. The van der Waals surface area contributed by atoms with Crippen molar-refractivity contribution < 1.29 is 0 Å². The Morgan fingerprint density at radius 1 is 1.39 bits per heavy atom. The van der Waals surface area contributed by atoms with Gasteiger partial charge >= 0.3 is 0 Å². The highest BCUT2D eigenvalue weighted by atomic mass is 16.1. The lowest BCUT2D eigenvalue weighted by atomic mass is 9.98. The molecule has 4 nitrogen and oxygen atoms in total. The molecule has 0 aromatic carbocycles. The summed E-state index contributed by atoms with van der Waals surface area (Å²) in [6, 6.07) is 0.546. The van der Waals surface area contributed by atoms with E-state index in [9.17, 15) is 4.79 Å². The third kappa shape index (κ3) is 2.42. The summed E-state index contributed by atoms with van der Waals surface area (Å²) in [4.78, 5) is 16.4. The summed E-state index contributed by atoms with van der Waals surface area (Å²) in [7, 11) is 0. The van der Waals surface area contributed by atoms with E-state index in [4.69, 9.17) is 0 Å². The Kier molecular flexibility index (Phi) is 3.73. The zero-order chi connectivity index (χ0) is 13.3. The van der Waals surface area contributed by atoms with Crippen molar-refractivity contribution in [3.05, 3.63) is 22.7 Å². The normalized spacial score (nSPS) is 27.7. The van der Waals surface area contributed by atoms with Crippen molar-refractivity contribution in [1.29, 1.82) is 0 Å². The third-order valence-corrected chi connectivity index (χ3v) is 4.21. The number of hydrogen-bond acceptors (Lipinski definition) is 3. The lowest BCUT2D eigenvalue weighted by Gasteiger charge is -2.20. The minimum absolute atomic E-state index is 0.0146. The van der Waals surface area contributed by atoms with Crippen LogP contribution in [0.3, 0.4) is 0 Å². The largest absolute Gasteiger partial charge is 0.362 e. The van der Waals surface area contributed by atoms with Gasteiger partial charge in [-0.3, -0.25) is 4.79 Å². The minimum atomic E-state index is -0.0146. The van der Waals surface area contributed by atoms with Crippen LogP contribution < -0.4 is 10.9 Å². The topological polar surface area (TPSA) is 46.9 Å². The molecule has 1 aliphatic carbocycles.